The second-order valence-corrected chi connectivity index (χ2v) is 19.3. The van der Waals surface area contributed by atoms with Crippen molar-refractivity contribution in [3.63, 3.8) is 0 Å². The van der Waals surface area contributed by atoms with E-state index in [-0.39, 0.29) is 31.8 Å². The predicted octanol–water partition coefficient (Wildman–Crippen LogP) is 4.67. The number of nitrogens with zero attached hydrogens (tertiary/aromatic N) is 2. The molecule has 2 aromatic rings. The molecule has 0 radical (unpaired) electrons. The smallest absolute Gasteiger partial charge is 0.329 e. The third-order valence-electron chi connectivity index (χ3n) is 7.35. The number of urea groups is 1. The number of hydrogen-bond acceptors (Lipinski definition) is 5. The minimum atomic E-state index is -4.02. The lowest BCUT2D eigenvalue weighted by Crippen LogP contribution is -2.43. The van der Waals surface area contributed by atoms with Crippen molar-refractivity contribution in [2.75, 3.05) is 23.9 Å². The van der Waals surface area contributed by atoms with Crippen LogP contribution < -0.4 is 19.7 Å². The number of carbonyl (C=O) groups excluding carboxylic acids is 2. The van der Waals surface area contributed by atoms with Crippen molar-refractivity contribution in [3.05, 3.63) is 59.7 Å². The zero-order chi connectivity index (χ0) is 28.8. The van der Waals surface area contributed by atoms with Gasteiger partial charge in [-0.05, 0) is 48.6 Å². The molecule has 2 aliphatic rings. The maximum atomic E-state index is 13.5. The van der Waals surface area contributed by atoms with E-state index in [0.29, 0.717) is 30.4 Å². The van der Waals surface area contributed by atoms with E-state index in [1.54, 1.807) is 6.07 Å². The molecule has 2 fully saturated rings. The second kappa shape index (κ2) is 13.1. The van der Waals surface area contributed by atoms with Crippen molar-refractivity contribution in [3.8, 4) is 5.75 Å². The van der Waals surface area contributed by atoms with Gasteiger partial charge in [-0.2, -0.15) is 8.42 Å². The van der Waals surface area contributed by atoms with Crippen molar-refractivity contribution in [2.24, 2.45) is 0 Å². The summed E-state index contributed by atoms with van der Waals surface area (Å²) in [5.74, 6) is -0.0408. The van der Waals surface area contributed by atoms with Gasteiger partial charge in [0.1, 0.15) is 18.9 Å². The van der Waals surface area contributed by atoms with Gasteiger partial charge in [-0.15, -0.1) is 0 Å². The fourth-order valence-electron chi connectivity index (χ4n) is 4.99. The van der Waals surface area contributed by atoms with Crippen LogP contribution in [0.3, 0.4) is 0 Å². The molecule has 0 bridgehead atoms. The number of amides is 3. The zero-order valence-electron chi connectivity index (χ0n) is 23.8. The van der Waals surface area contributed by atoms with Gasteiger partial charge in [0.25, 0.3) is 5.91 Å². The summed E-state index contributed by atoms with van der Waals surface area (Å²) >= 11 is 0. The summed E-state index contributed by atoms with van der Waals surface area (Å²) in [6, 6.07) is 15.7. The van der Waals surface area contributed by atoms with Crippen LogP contribution in [0.1, 0.15) is 43.2 Å². The number of hydrogen-bond donors (Lipinski definition) is 2. The van der Waals surface area contributed by atoms with E-state index in [0.717, 1.165) is 45.4 Å². The predicted molar refractivity (Wildman–Crippen MR) is 160 cm³/mol. The van der Waals surface area contributed by atoms with E-state index in [2.05, 4.69) is 30.3 Å². The van der Waals surface area contributed by atoms with E-state index < -0.39 is 24.2 Å². The molecule has 2 aromatic carbocycles. The molecule has 40 heavy (non-hydrogen) atoms. The van der Waals surface area contributed by atoms with Gasteiger partial charge < -0.3 is 15.4 Å². The molecule has 2 N–H and O–H groups in total. The molecule has 11 heteroatoms. The summed E-state index contributed by atoms with van der Waals surface area (Å²) in [4.78, 5) is 25.2. The first-order valence-corrected chi connectivity index (χ1v) is 19.3. The highest BCUT2D eigenvalue weighted by atomic mass is 32.2. The molecule has 1 saturated heterocycles. The topological polar surface area (TPSA) is 108 Å². The summed E-state index contributed by atoms with van der Waals surface area (Å²) in [6.07, 6.45) is 6.12. The Bertz CT molecular complexity index is 1280. The molecular weight excluding hydrogens is 544 g/mol. The highest BCUT2D eigenvalue weighted by molar-refractivity contribution is 7.91. The molecule has 0 atom stereocenters. The summed E-state index contributed by atoms with van der Waals surface area (Å²) in [5, 5.41) is 5.99. The SMILES string of the molecule is C[Si](C)(C)CCN1C(=O)CN(c2ccc(CCNC(=O)NC3CCCCC3)cc2OCc2ccccc2)S1(=O)=O. The van der Waals surface area contributed by atoms with Crippen molar-refractivity contribution in [1.82, 2.24) is 14.9 Å². The van der Waals surface area contributed by atoms with Crippen molar-refractivity contribution in [1.29, 1.82) is 0 Å². The van der Waals surface area contributed by atoms with Gasteiger partial charge in [0.15, 0.2) is 0 Å². The van der Waals surface area contributed by atoms with Crippen molar-refractivity contribution >= 4 is 35.9 Å². The first-order chi connectivity index (χ1) is 19.0. The average Bonchev–Trinajstić information content (AvgIpc) is 3.14. The molecule has 4 rings (SSSR count). The molecule has 1 heterocycles. The lowest BCUT2D eigenvalue weighted by molar-refractivity contribution is -0.123. The lowest BCUT2D eigenvalue weighted by atomic mass is 9.96. The van der Waals surface area contributed by atoms with Gasteiger partial charge in [-0.1, -0.05) is 75.3 Å². The maximum Gasteiger partial charge on any atom is 0.329 e. The monoisotopic (exact) mass is 586 g/mol. The number of nitrogens with one attached hydrogen (secondary N) is 2. The van der Waals surface area contributed by atoms with Crippen molar-refractivity contribution in [2.45, 2.75) is 76.9 Å². The number of ether oxygens (including phenoxy) is 1. The van der Waals surface area contributed by atoms with Crippen LogP contribution in [0, 0.1) is 0 Å². The van der Waals surface area contributed by atoms with Gasteiger partial charge in [0.2, 0.25) is 0 Å². The van der Waals surface area contributed by atoms with Crippen LogP contribution >= 0.6 is 0 Å². The van der Waals surface area contributed by atoms with Crippen LogP contribution in [0.25, 0.3) is 0 Å². The minimum Gasteiger partial charge on any atom is -0.487 e. The third-order valence-corrected chi connectivity index (χ3v) is 10.9. The number of benzene rings is 2. The Kier molecular flexibility index (Phi) is 9.78. The Morgan fingerprint density at radius 3 is 2.45 bits per heavy atom. The molecule has 1 aliphatic heterocycles. The second-order valence-electron chi connectivity index (χ2n) is 11.9. The summed E-state index contributed by atoms with van der Waals surface area (Å²) in [7, 11) is -5.58. The molecule has 3 amide bonds. The highest BCUT2D eigenvalue weighted by Crippen LogP contribution is 2.36. The summed E-state index contributed by atoms with van der Waals surface area (Å²) in [6.45, 7) is 7.09. The molecule has 0 spiro atoms. The third kappa shape index (κ3) is 8.00. The minimum absolute atomic E-state index is 0.163. The van der Waals surface area contributed by atoms with Crippen LogP contribution in [0.5, 0.6) is 5.75 Å². The lowest BCUT2D eigenvalue weighted by Gasteiger charge is -2.24. The van der Waals surface area contributed by atoms with E-state index >= 15 is 0 Å². The fraction of sp³-hybridized carbons (Fsp3) is 0.517. The van der Waals surface area contributed by atoms with E-state index in [4.69, 9.17) is 4.74 Å². The quantitative estimate of drug-likeness (QED) is 0.372. The average molecular weight is 587 g/mol. The first kappa shape index (κ1) is 29.9. The normalized spacial score (nSPS) is 17.6. The Balaban J connectivity index is 1.48. The molecule has 0 unspecified atom stereocenters. The standard InChI is InChI=1S/C29H42N4O5SSi/c1-40(2,3)19-18-32-28(34)21-33(39(32,36)37)26-15-14-23(20-27(26)38-22-24-10-6-4-7-11-24)16-17-30-29(35)31-25-12-8-5-9-13-25/h4,6-7,10-11,14-15,20,25H,5,8-9,12-13,16-19,21-22H2,1-3H3,(H2,30,31,35). The first-order valence-electron chi connectivity index (χ1n) is 14.2. The zero-order valence-corrected chi connectivity index (χ0v) is 25.6. The van der Waals surface area contributed by atoms with E-state index in [9.17, 15) is 18.0 Å². The number of carbonyl (C=O) groups is 2. The summed E-state index contributed by atoms with van der Waals surface area (Å²) in [5.41, 5.74) is 2.17. The molecular formula is C29H42N4O5SSi. The van der Waals surface area contributed by atoms with Crippen LogP contribution in [0.15, 0.2) is 48.5 Å². The van der Waals surface area contributed by atoms with Gasteiger partial charge in [-0.3, -0.25) is 4.79 Å². The Morgan fingerprint density at radius 1 is 1.02 bits per heavy atom. The van der Waals surface area contributed by atoms with Crippen molar-refractivity contribution < 1.29 is 22.7 Å². The Hall–Kier alpha value is -3.05. The van der Waals surface area contributed by atoms with E-state index in [1.807, 2.05) is 42.5 Å². The van der Waals surface area contributed by atoms with Crippen LogP contribution in [0.4, 0.5) is 10.5 Å². The van der Waals surface area contributed by atoms with Gasteiger partial charge >= 0.3 is 16.2 Å². The number of anilines is 1. The fourth-order valence-corrected chi connectivity index (χ4v) is 7.60. The Morgan fingerprint density at radius 2 is 1.75 bits per heavy atom. The van der Waals surface area contributed by atoms with Crippen LogP contribution in [-0.2, 0) is 28.0 Å². The van der Waals surface area contributed by atoms with Crippen LogP contribution in [0.2, 0.25) is 25.7 Å². The highest BCUT2D eigenvalue weighted by Gasteiger charge is 2.43. The number of rotatable bonds is 11. The largest absolute Gasteiger partial charge is 0.487 e. The molecule has 218 valence electrons. The summed E-state index contributed by atoms with van der Waals surface area (Å²) < 4.78 is 35.3. The van der Waals surface area contributed by atoms with E-state index in [1.165, 1.54) is 6.42 Å². The molecule has 9 nitrogen and oxygen atoms in total. The van der Waals surface area contributed by atoms with Crippen LogP contribution in [-0.4, -0.2) is 58.4 Å². The Labute approximate surface area is 239 Å². The molecule has 0 aromatic heterocycles. The van der Waals surface area contributed by atoms with Gasteiger partial charge in [0.05, 0.1) is 5.69 Å². The molecule has 1 saturated carbocycles. The maximum absolute atomic E-state index is 13.5. The van der Waals surface area contributed by atoms with Gasteiger partial charge in [-0.25, -0.2) is 13.4 Å². The molecule has 1 aliphatic carbocycles. The van der Waals surface area contributed by atoms with Gasteiger partial charge in [0, 0.05) is 27.2 Å².